The Balaban J connectivity index is 2.07. The number of nitrogens with one attached hydrogen (secondary N) is 1. The standard InChI is InChI=1S/C15H10Br2N2O2/c16-13-7-12(21-14(13)17)6-11(8-18)15(20)19-9-10-4-2-1-3-5-10/h1-7H,9H2,(H,19,20)/b11-6-. The molecule has 106 valence electrons. The highest BCUT2D eigenvalue weighted by Crippen LogP contribution is 2.27. The Bertz CT molecular complexity index is 696. The molecule has 0 aliphatic rings. The van der Waals surface area contributed by atoms with E-state index >= 15 is 0 Å². The molecule has 1 amide bonds. The molecule has 0 aliphatic heterocycles. The van der Waals surface area contributed by atoms with Crippen LogP contribution in [0.15, 0.2) is 55.5 Å². The summed E-state index contributed by atoms with van der Waals surface area (Å²) in [5.41, 5.74) is 0.950. The van der Waals surface area contributed by atoms with Crippen LogP contribution >= 0.6 is 31.9 Å². The van der Waals surface area contributed by atoms with Crippen LogP contribution in [-0.2, 0) is 11.3 Å². The summed E-state index contributed by atoms with van der Waals surface area (Å²) in [6, 6.07) is 13.0. The molecule has 0 saturated carbocycles. The van der Waals surface area contributed by atoms with E-state index in [9.17, 15) is 4.79 Å². The van der Waals surface area contributed by atoms with Gasteiger partial charge >= 0.3 is 0 Å². The minimum atomic E-state index is -0.440. The van der Waals surface area contributed by atoms with Crippen LogP contribution in [0, 0.1) is 11.3 Å². The lowest BCUT2D eigenvalue weighted by molar-refractivity contribution is -0.117. The lowest BCUT2D eigenvalue weighted by Crippen LogP contribution is -2.23. The van der Waals surface area contributed by atoms with Crippen LogP contribution in [0.4, 0.5) is 0 Å². The fraction of sp³-hybridized carbons (Fsp3) is 0.0667. The van der Waals surface area contributed by atoms with Gasteiger partial charge in [0.25, 0.3) is 5.91 Å². The summed E-state index contributed by atoms with van der Waals surface area (Å²) in [6.07, 6.45) is 1.40. The molecule has 0 bridgehead atoms. The first-order valence-corrected chi connectivity index (χ1v) is 7.57. The maximum absolute atomic E-state index is 12.0. The first kappa shape index (κ1) is 15.5. The second-order valence-electron chi connectivity index (χ2n) is 4.11. The molecule has 0 saturated heterocycles. The van der Waals surface area contributed by atoms with Crippen LogP contribution in [-0.4, -0.2) is 5.91 Å². The zero-order chi connectivity index (χ0) is 15.2. The van der Waals surface area contributed by atoms with Crippen molar-refractivity contribution >= 4 is 43.8 Å². The minimum Gasteiger partial charge on any atom is -0.449 e. The monoisotopic (exact) mass is 408 g/mol. The van der Waals surface area contributed by atoms with Crippen molar-refractivity contribution in [2.24, 2.45) is 0 Å². The van der Waals surface area contributed by atoms with Gasteiger partial charge in [-0.3, -0.25) is 4.79 Å². The van der Waals surface area contributed by atoms with E-state index in [1.165, 1.54) is 6.08 Å². The zero-order valence-electron chi connectivity index (χ0n) is 10.8. The van der Waals surface area contributed by atoms with E-state index in [0.29, 0.717) is 17.0 Å². The Labute approximate surface area is 138 Å². The van der Waals surface area contributed by atoms with E-state index in [2.05, 4.69) is 37.2 Å². The van der Waals surface area contributed by atoms with Crippen LogP contribution in [0.5, 0.6) is 0 Å². The van der Waals surface area contributed by atoms with Crippen LogP contribution in [0.2, 0.25) is 0 Å². The second kappa shape index (κ2) is 7.25. The SMILES string of the molecule is N#C/C(=C/c1cc(Br)c(Br)o1)C(=O)NCc1ccccc1. The molecule has 0 fully saturated rings. The molecule has 1 aromatic carbocycles. The van der Waals surface area contributed by atoms with E-state index < -0.39 is 5.91 Å². The molecule has 0 atom stereocenters. The lowest BCUT2D eigenvalue weighted by Gasteiger charge is -2.03. The number of amides is 1. The van der Waals surface area contributed by atoms with Gasteiger partial charge in [-0.1, -0.05) is 30.3 Å². The van der Waals surface area contributed by atoms with Gasteiger partial charge in [-0.05, 0) is 43.5 Å². The zero-order valence-corrected chi connectivity index (χ0v) is 13.9. The number of halogens is 2. The van der Waals surface area contributed by atoms with E-state index in [0.717, 1.165) is 10.0 Å². The lowest BCUT2D eigenvalue weighted by atomic mass is 10.2. The summed E-state index contributed by atoms with van der Waals surface area (Å²) < 4.78 is 6.55. The van der Waals surface area contributed by atoms with Crippen LogP contribution in [0.1, 0.15) is 11.3 Å². The number of nitrogens with zero attached hydrogens (tertiary/aromatic N) is 1. The van der Waals surface area contributed by atoms with Gasteiger partial charge in [-0.15, -0.1) is 0 Å². The smallest absolute Gasteiger partial charge is 0.262 e. The molecule has 2 aromatic rings. The number of benzene rings is 1. The van der Waals surface area contributed by atoms with Crippen LogP contribution in [0.25, 0.3) is 6.08 Å². The van der Waals surface area contributed by atoms with Crippen molar-refractivity contribution in [2.45, 2.75) is 6.54 Å². The first-order valence-electron chi connectivity index (χ1n) is 5.99. The molecule has 1 N–H and O–H groups in total. The molecule has 0 radical (unpaired) electrons. The fourth-order valence-corrected chi connectivity index (χ4v) is 2.21. The summed E-state index contributed by atoms with van der Waals surface area (Å²) in [6.45, 7) is 0.365. The number of furan rings is 1. The van der Waals surface area contributed by atoms with E-state index in [1.807, 2.05) is 36.4 Å². The molecule has 4 nitrogen and oxygen atoms in total. The molecule has 0 unspecified atom stereocenters. The predicted molar refractivity (Wildman–Crippen MR) is 86.0 cm³/mol. The van der Waals surface area contributed by atoms with Gasteiger partial charge in [-0.2, -0.15) is 5.26 Å². The number of carbonyl (C=O) groups excluding carboxylic acids is 1. The molecular weight excluding hydrogens is 400 g/mol. The molecule has 6 heteroatoms. The Morgan fingerprint density at radius 1 is 1.33 bits per heavy atom. The van der Waals surface area contributed by atoms with Crippen molar-refractivity contribution in [2.75, 3.05) is 0 Å². The Morgan fingerprint density at radius 3 is 2.62 bits per heavy atom. The maximum Gasteiger partial charge on any atom is 0.262 e. The van der Waals surface area contributed by atoms with Crippen LogP contribution < -0.4 is 5.32 Å². The molecule has 1 heterocycles. The van der Waals surface area contributed by atoms with Crippen LogP contribution in [0.3, 0.4) is 0 Å². The largest absolute Gasteiger partial charge is 0.449 e. The van der Waals surface area contributed by atoms with Gasteiger partial charge in [-0.25, -0.2) is 0 Å². The summed E-state index contributed by atoms with van der Waals surface area (Å²) in [7, 11) is 0. The molecular formula is C15H10Br2N2O2. The third-order valence-electron chi connectivity index (χ3n) is 2.61. The normalized spacial score (nSPS) is 11.0. The van der Waals surface area contributed by atoms with Crippen molar-refractivity contribution in [3.63, 3.8) is 0 Å². The summed E-state index contributed by atoms with van der Waals surface area (Å²) >= 11 is 6.47. The Morgan fingerprint density at radius 2 is 2.05 bits per heavy atom. The van der Waals surface area contributed by atoms with Crippen molar-refractivity contribution in [1.29, 1.82) is 5.26 Å². The van der Waals surface area contributed by atoms with Gasteiger partial charge in [0.2, 0.25) is 0 Å². The highest BCUT2D eigenvalue weighted by atomic mass is 79.9. The van der Waals surface area contributed by atoms with Gasteiger partial charge in [0, 0.05) is 12.6 Å². The minimum absolute atomic E-state index is 0.0142. The molecule has 2 rings (SSSR count). The van der Waals surface area contributed by atoms with Gasteiger partial charge in [0.1, 0.15) is 17.4 Å². The van der Waals surface area contributed by atoms with Gasteiger partial charge < -0.3 is 9.73 Å². The average molecular weight is 410 g/mol. The molecule has 0 spiro atoms. The molecule has 0 aliphatic carbocycles. The first-order chi connectivity index (χ1) is 10.1. The van der Waals surface area contributed by atoms with Crippen molar-refractivity contribution in [3.8, 4) is 6.07 Å². The van der Waals surface area contributed by atoms with Gasteiger partial charge in [0.15, 0.2) is 4.67 Å². The Kier molecular flexibility index (Phi) is 5.37. The van der Waals surface area contributed by atoms with Crippen molar-refractivity contribution in [1.82, 2.24) is 5.32 Å². The van der Waals surface area contributed by atoms with Crippen molar-refractivity contribution < 1.29 is 9.21 Å². The Hall–Kier alpha value is -1.84. The summed E-state index contributed by atoms with van der Waals surface area (Å²) in [5.74, 6) is -0.0230. The van der Waals surface area contributed by atoms with E-state index in [4.69, 9.17) is 9.68 Å². The fourth-order valence-electron chi connectivity index (χ4n) is 1.60. The highest BCUT2D eigenvalue weighted by molar-refractivity contribution is 9.13. The molecule has 21 heavy (non-hydrogen) atoms. The van der Waals surface area contributed by atoms with Gasteiger partial charge in [0.05, 0.1) is 4.47 Å². The highest BCUT2D eigenvalue weighted by Gasteiger charge is 2.11. The van der Waals surface area contributed by atoms with E-state index in [-0.39, 0.29) is 5.57 Å². The number of hydrogen-bond acceptors (Lipinski definition) is 3. The van der Waals surface area contributed by atoms with E-state index in [1.54, 1.807) is 6.07 Å². The number of carbonyl (C=O) groups is 1. The number of nitriles is 1. The number of hydrogen-bond donors (Lipinski definition) is 1. The number of rotatable bonds is 4. The van der Waals surface area contributed by atoms with Crippen molar-refractivity contribution in [3.05, 3.63) is 62.4 Å². The third-order valence-corrected chi connectivity index (χ3v) is 4.32. The summed E-state index contributed by atoms with van der Waals surface area (Å²) in [5, 5.41) is 11.8. The summed E-state index contributed by atoms with van der Waals surface area (Å²) in [4.78, 5) is 12.0. The molecule has 1 aromatic heterocycles. The second-order valence-corrected chi connectivity index (χ2v) is 5.68. The topological polar surface area (TPSA) is 66.0 Å². The average Bonchev–Trinajstić information content (AvgIpc) is 2.81. The third kappa shape index (κ3) is 4.31. The quantitative estimate of drug-likeness (QED) is 0.612. The maximum atomic E-state index is 12.0. The predicted octanol–water partition coefficient (Wildman–Crippen LogP) is 4.03.